The molecule has 0 saturated carbocycles. The SMILES string of the molecule is CCOC(=O)c1c2n(c3cc4c(cc3c1=O)OCO4)/C(=C/Cl)CS2. The maximum Gasteiger partial charge on any atom is 0.344 e. The second-order valence-electron chi connectivity index (χ2n) is 5.18. The van der Waals surface area contributed by atoms with Crippen molar-refractivity contribution in [3.05, 3.63) is 33.5 Å². The highest BCUT2D eigenvalue weighted by Gasteiger charge is 2.30. The molecule has 0 saturated heterocycles. The molecule has 2 aliphatic rings. The Hall–Kier alpha value is -2.12. The molecule has 0 radical (unpaired) electrons. The lowest BCUT2D eigenvalue weighted by Gasteiger charge is -2.14. The molecular formula is C16H12ClNO5S. The van der Waals surface area contributed by atoms with Crippen LogP contribution in [0.3, 0.4) is 0 Å². The first kappa shape index (κ1) is 15.4. The van der Waals surface area contributed by atoms with Gasteiger partial charge in [-0.15, -0.1) is 11.8 Å². The van der Waals surface area contributed by atoms with Crippen molar-refractivity contribution in [1.29, 1.82) is 0 Å². The third kappa shape index (κ3) is 2.12. The van der Waals surface area contributed by atoms with Crippen molar-refractivity contribution in [3.8, 4) is 11.5 Å². The highest BCUT2D eigenvalue weighted by atomic mass is 35.5. The van der Waals surface area contributed by atoms with Crippen molar-refractivity contribution in [2.24, 2.45) is 0 Å². The Morgan fingerprint density at radius 2 is 2.17 bits per heavy atom. The van der Waals surface area contributed by atoms with Crippen LogP contribution in [-0.2, 0) is 4.74 Å². The summed E-state index contributed by atoms with van der Waals surface area (Å²) < 4.78 is 17.6. The molecule has 0 amide bonds. The highest BCUT2D eigenvalue weighted by Crippen LogP contribution is 2.41. The van der Waals surface area contributed by atoms with E-state index in [0.717, 1.165) is 5.70 Å². The van der Waals surface area contributed by atoms with E-state index in [1.807, 2.05) is 4.57 Å². The number of nitrogens with zero attached hydrogens (tertiary/aromatic N) is 1. The molecule has 0 atom stereocenters. The van der Waals surface area contributed by atoms with Crippen molar-refractivity contribution in [1.82, 2.24) is 4.57 Å². The topological polar surface area (TPSA) is 66.8 Å². The molecule has 0 fully saturated rings. The molecule has 8 heteroatoms. The Balaban J connectivity index is 2.12. The van der Waals surface area contributed by atoms with Crippen LogP contribution in [0.1, 0.15) is 17.3 Å². The lowest BCUT2D eigenvalue weighted by molar-refractivity contribution is 0.0519. The molecule has 6 nitrogen and oxygen atoms in total. The van der Waals surface area contributed by atoms with Crippen LogP contribution < -0.4 is 14.9 Å². The maximum atomic E-state index is 12.9. The molecule has 0 bridgehead atoms. The summed E-state index contributed by atoms with van der Waals surface area (Å²) in [5.74, 6) is 0.973. The number of carbonyl (C=O) groups is 1. The summed E-state index contributed by atoms with van der Waals surface area (Å²) in [5.41, 5.74) is 2.51. The van der Waals surface area contributed by atoms with Gasteiger partial charge in [-0.3, -0.25) is 4.79 Å². The quantitative estimate of drug-likeness (QED) is 0.762. The van der Waals surface area contributed by atoms with E-state index in [1.54, 1.807) is 19.1 Å². The number of hydrogen-bond donors (Lipinski definition) is 0. The van der Waals surface area contributed by atoms with Gasteiger partial charge in [-0.2, -0.15) is 0 Å². The summed E-state index contributed by atoms with van der Waals surface area (Å²) >= 11 is 7.32. The van der Waals surface area contributed by atoms with Crippen LogP contribution in [0, 0.1) is 0 Å². The molecule has 2 aromatic rings. The molecule has 0 aliphatic carbocycles. The number of fused-ring (bicyclic) bond motifs is 4. The van der Waals surface area contributed by atoms with Gasteiger partial charge in [0, 0.05) is 23.1 Å². The van der Waals surface area contributed by atoms with Crippen LogP contribution in [0.4, 0.5) is 0 Å². The second-order valence-corrected chi connectivity index (χ2v) is 6.36. The number of aromatic nitrogens is 1. The number of esters is 1. The van der Waals surface area contributed by atoms with E-state index in [9.17, 15) is 9.59 Å². The van der Waals surface area contributed by atoms with Crippen LogP contribution in [0.5, 0.6) is 11.5 Å². The first-order valence-electron chi connectivity index (χ1n) is 7.27. The van der Waals surface area contributed by atoms with E-state index in [1.165, 1.54) is 17.3 Å². The zero-order chi connectivity index (χ0) is 16.8. The van der Waals surface area contributed by atoms with E-state index in [2.05, 4.69) is 0 Å². The van der Waals surface area contributed by atoms with Gasteiger partial charge in [0.25, 0.3) is 0 Å². The van der Waals surface area contributed by atoms with Crippen molar-refractivity contribution in [2.75, 3.05) is 19.2 Å². The molecule has 124 valence electrons. The number of thioether (sulfide) groups is 1. The molecule has 24 heavy (non-hydrogen) atoms. The number of halogens is 1. The zero-order valence-corrected chi connectivity index (χ0v) is 14.2. The maximum absolute atomic E-state index is 12.9. The molecule has 1 aromatic heterocycles. The largest absolute Gasteiger partial charge is 0.462 e. The molecule has 0 spiro atoms. The number of rotatable bonds is 2. The third-order valence-corrected chi connectivity index (χ3v) is 5.22. The van der Waals surface area contributed by atoms with Gasteiger partial charge >= 0.3 is 5.97 Å². The van der Waals surface area contributed by atoms with Crippen LogP contribution >= 0.6 is 23.4 Å². The van der Waals surface area contributed by atoms with Gasteiger partial charge in [-0.05, 0) is 13.0 Å². The molecule has 0 unspecified atom stereocenters. The molecule has 4 rings (SSSR count). The van der Waals surface area contributed by atoms with Gasteiger partial charge in [0.1, 0.15) is 5.56 Å². The van der Waals surface area contributed by atoms with Crippen LogP contribution in [0.25, 0.3) is 16.6 Å². The standard InChI is InChI=1S/C16H12ClNO5S/c1-2-21-16(20)13-14(19)9-3-11-12(23-7-22-11)4-10(9)18-8(5-17)6-24-15(13)18/h3-5H,2,6-7H2,1H3/b8-5+. The molecule has 2 aliphatic heterocycles. The fourth-order valence-electron chi connectivity index (χ4n) is 2.84. The third-order valence-electron chi connectivity index (χ3n) is 3.87. The summed E-state index contributed by atoms with van der Waals surface area (Å²) in [5, 5.41) is 0.904. The summed E-state index contributed by atoms with van der Waals surface area (Å²) in [6.07, 6.45) is 0. The zero-order valence-electron chi connectivity index (χ0n) is 12.6. The average Bonchev–Trinajstić information content (AvgIpc) is 3.19. The van der Waals surface area contributed by atoms with E-state index in [-0.39, 0.29) is 24.4 Å². The lowest BCUT2D eigenvalue weighted by Crippen LogP contribution is -2.22. The lowest BCUT2D eigenvalue weighted by atomic mass is 10.1. The first-order chi connectivity index (χ1) is 11.7. The minimum Gasteiger partial charge on any atom is -0.462 e. The Morgan fingerprint density at radius 1 is 1.42 bits per heavy atom. The molecule has 3 heterocycles. The van der Waals surface area contributed by atoms with E-state index in [4.69, 9.17) is 25.8 Å². The number of hydrogen-bond acceptors (Lipinski definition) is 6. The van der Waals surface area contributed by atoms with E-state index >= 15 is 0 Å². The summed E-state index contributed by atoms with van der Waals surface area (Å²) in [6.45, 7) is 2.00. The van der Waals surface area contributed by atoms with Gasteiger partial charge in [-0.1, -0.05) is 11.6 Å². The van der Waals surface area contributed by atoms with Crippen molar-refractivity contribution < 1.29 is 19.0 Å². The predicted molar refractivity (Wildman–Crippen MR) is 91.1 cm³/mol. The number of benzene rings is 1. The monoisotopic (exact) mass is 365 g/mol. The minimum atomic E-state index is -0.630. The van der Waals surface area contributed by atoms with Gasteiger partial charge in [0.2, 0.25) is 12.2 Å². The Morgan fingerprint density at radius 3 is 2.88 bits per heavy atom. The predicted octanol–water partition coefficient (Wildman–Crippen LogP) is 3.05. The number of pyridine rings is 1. The molecule has 1 aromatic carbocycles. The Labute approximate surface area is 145 Å². The van der Waals surface area contributed by atoms with Gasteiger partial charge in [0.05, 0.1) is 22.5 Å². The van der Waals surface area contributed by atoms with Gasteiger partial charge in [-0.25, -0.2) is 4.79 Å². The fourth-order valence-corrected chi connectivity index (χ4v) is 4.27. The van der Waals surface area contributed by atoms with Crippen LogP contribution in [0.2, 0.25) is 0 Å². The number of carbonyl (C=O) groups excluding carboxylic acids is 1. The van der Waals surface area contributed by atoms with Crippen molar-refractivity contribution in [2.45, 2.75) is 11.9 Å². The van der Waals surface area contributed by atoms with Gasteiger partial charge < -0.3 is 18.8 Å². The highest BCUT2D eigenvalue weighted by molar-refractivity contribution is 8.00. The van der Waals surface area contributed by atoms with Gasteiger partial charge in [0.15, 0.2) is 11.5 Å². The van der Waals surface area contributed by atoms with Crippen molar-refractivity contribution >= 4 is 45.9 Å². The first-order valence-corrected chi connectivity index (χ1v) is 8.69. The van der Waals surface area contributed by atoms with Crippen LogP contribution in [-0.4, -0.2) is 29.7 Å². The summed E-state index contributed by atoms with van der Waals surface area (Å²) in [4.78, 5) is 25.3. The van der Waals surface area contributed by atoms with Crippen LogP contribution in [0.15, 0.2) is 27.5 Å². The summed E-state index contributed by atoms with van der Waals surface area (Å²) in [7, 11) is 0. The smallest absolute Gasteiger partial charge is 0.344 e. The molecular weight excluding hydrogens is 354 g/mol. The molecule has 0 N–H and O–H groups in total. The minimum absolute atomic E-state index is 0.0294. The van der Waals surface area contributed by atoms with Crippen molar-refractivity contribution in [3.63, 3.8) is 0 Å². The average molecular weight is 366 g/mol. The Kier molecular flexibility index (Phi) is 3.69. The number of ether oxygens (including phenoxy) is 3. The normalized spacial score (nSPS) is 16.7. The van der Waals surface area contributed by atoms with E-state index in [0.29, 0.717) is 33.2 Å². The fraction of sp³-hybridized carbons (Fsp3) is 0.250. The second kappa shape index (κ2) is 5.75. The summed E-state index contributed by atoms with van der Waals surface area (Å²) in [6, 6.07) is 3.34. The Bertz CT molecular complexity index is 965. The van der Waals surface area contributed by atoms with E-state index < -0.39 is 5.97 Å².